The van der Waals surface area contributed by atoms with Gasteiger partial charge in [-0.3, -0.25) is 9.36 Å². The highest BCUT2D eigenvalue weighted by Gasteiger charge is 2.24. The molecule has 0 aliphatic carbocycles. The van der Waals surface area contributed by atoms with Crippen LogP contribution < -0.4 is 14.2 Å². The first-order valence-electron chi connectivity index (χ1n) is 15.5. The van der Waals surface area contributed by atoms with Crippen molar-refractivity contribution in [2.24, 2.45) is 5.92 Å². The van der Waals surface area contributed by atoms with E-state index in [2.05, 4.69) is 40.5 Å². The minimum absolute atomic E-state index is 0.130. The normalized spacial score (nSPS) is 13.4. The van der Waals surface area contributed by atoms with Crippen molar-refractivity contribution in [3.8, 4) is 28.7 Å². The smallest absolute Gasteiger partial charge is 0.233 e. The van der Waals surface area contributed by atoms with Crippen molar-refractivity contribution in [2.45, 2.75) is 30.8 Å². The molecule has 236 valence electrons. The Morgan fingerprint density at radius 3 is 2.15 bits per heavy atom. The molecule has 2 heterocycles. The monoisotopic (exact) mass is 634 g/mol. The summed E-state index contributed by atoms with van der Waals surface area (Å²) in [5.74, 6) is 4.60. The largest absolute Gasteiger partial charge is 0.493 e. The van der Waals surface area contributed by atoms with Gasteiger partial charge in [-0.25, -0.2) is 0 Å². The molecule has 1 fully saturated rings. The Hall–Kier alpha value is -4.76. The van der Waals surface area contributed by atoms with E-state index >= 15 is 0 Å². The van der Waals surface area contributed by atoms with Crippen LogP contribution in [0.2, 0.25) is 0 Å². The predicted molar refractivity (Wildman–Crippen MR) is 180 cm³/mol. The molecule has 1 aliphatic rings. The quantitative estimate of drug-likeness (QED) is 0.134. The number of ether oxygens (including phenoxy) is 3. The molecule has 0 N–H and O–H groups in total. The number of piperidine rings is 1. The number of carbonyl (C=O) groups is 1. The molecule has 5 aromatic rings. The first-order valence-corrected chi connectivity index (χ1v) is 16.5. The van der Waals surface area contributed by atoms with Gasteiger partial charge in [-0.05, 0) is 84.8 Å². The second-order valence-corrected chi connectivity index (χ2v) is 12.3. The number of nitrogens with zero attached hydrogens (tertiary/aromatic N) is 4. The maximum atomic E-state index is 13.3. The van der Waals surface area contributed by atoms with Gasteiger partial charge in [-0.15, -0.1) is 10.2 Å². The van der Waals surface area contributed by atoms with Gasteiger partial charge in [0.25, 0.3) is 0 Å². The van der Waals surface area contributed by atoms with Crippen molar-refractivity contribution < 1.29 is 19.0 Å². The summed E-state index contributed by atoms with van der Waals surface area (Å²) in [4.78, 5) is 15.3. The van der Waals surface area contributed by atoms with Gasteiger partial charge >= 0.3 is 0 Å². The van der Waals surface area contributed by atoms with E-state index in [-0.39, 0.29) is 5.91 Å². The van der Waals surface area contributed by atoms with E-state index in [1.807, 2.05) is 82.3 Å². The zero-order valence-corrected chi connectivity index (χ0v) is 27.0. The molecule has 1 amide bonds. The Balaban J connectivity index is 1.17. The highest BCUT2D eigenvalue weighted by molar-refractivity contribution is 7.99. The number of para-hydroxylation sites is 1. The number of amides is 1. The fourth-order valence-electron chi connectivity index (χ4n) is 5.78. The van der Waals surface area contributed by atoms with Crippen LogP contribution in [0.3, 0.4) is 0 Å². The van der Waals surface area contributed by atoms with Crippen molar-refractivity contribution in [3.05, 3.63) is 120 Å². The SMILES string of the molecule is COc1ccc(Cc2nnc(SCC(=O)N3CCC(Cc4ccccc4)CC3)n2-c2ccc(Oc3ccccc3)cc2)cc1OC. The van der Waals surface area contributed by atoms with E-state index in [4.69, 9.17) is 14.2 Å². The van der Waals surface area contributed by atoms with Gasteiger partial charge in [-0.2, -0.15) is 0 Å². The van der Waals surface area contributed by atoms with Crippen LogP contribution in [0, 0.1) is 5.92 Å². The lowest BCUT2D eigenvalue weighted by Crippen LogP contribution is -2.39. The number of thioether (sulfide) groups is 1. The first kappa shape index (κ1) is 31.2. The van der Waals surface area contributed by atoms with E-state index in [0.29, 0.717) is 34.7 Å². The minimum atomic E-state index is 0.130. The van der Waals surface area contributed by atoms with Gasteiger partial charge in [0.15, 0.2) is 16.7 Å². The van der Waals surface area contributed by atoms with Crippen molar-refractivity contribution in [3.63, 3.8) is 0 Å². The minimum Gasteiger partial charge on any atom is -0.493 e. The lowest BCUT2D eigenvalue weighted by molar-refractivity contribution is -0.129. The van der Waals surface area contributed by atoms with Crippen LogP contribution in [0.5, 0.6) is 23.0 Å². The number of aromatic nitrogens is 3. The van der Waals surface area contributed by atoms with Gasteiger partial charge in [-0.1, -0.05) is 66.4 Å². The Morgan fingerprint density at radius 1 is 0.783 bits per heavy atom. The summed E-state index contributed by atoms with van der Waals surface area (Å²) in [7, 11) is 3.25. The summed E-state index contributed by atoms with van der Waals surface area (Å²) in [6.45, 7) is 1.58. The fraction of sp³-hybridized carbons (Fsp3) is 0.270. The van der Waals surface area contributed by atoms with Crippen LogP contribution in [0.1, 0.15) is 29.8 Å². The second-order valence-electron chi connectivity index (χ2n) is 11.3. The molecule has 8 nitrogen and oxygen atoms in total. The summed E-state index contributed by atoms with van der Waals surface area (Å²) in [5, 5.41) is 9.80. The van der Waals surface area contributed by atoms with Crippen LogP contribution in [-0.2, 0) is 17.6 Å². The number of likely N-dealkylation sites (tertiary alicyclic amines) is 1. The molecule has 0 saturated carbocycles. The van der Waals surface area contributed by atoms with E-state index in [9.17, 15) is 4.79 Å². The molecule has 0 bridgehead atoms. The fourth-order valence-corrected chi connectivity index (χ4v) is 6.65. The molecule has 0 spiro atoms. The van der Waals surface area contributed by atoms with E-state index < -0.39 is 0 Å². The van der Waals surface area contributed by atoms with Gasteiger partial charge in [0.05, 0.1) is 20.0 Å². The summed E-state index contributed by atoms with van der Waals surface area (Å²) in [6.07, 6.45) is 3.63. The van der Waals surface area contributed by atoms with Crippen LogP contribution in [-0.4, -0.2) is 58.6 Å². The van der Waals surface area contributed by atoms with Crippen molar-refractivity contribution >= 4 is 17.7 Å². The zero-order chi connectivity index (χ0) is 31.7. The number of benzene rings is 4. The summed E-state index contributed by atoms with van der Waals surface area (Å²) >= 11 is 1.42. The average molecular weight is 635 g/mol. The molecule has 9 heteroatoms. The van der Waals surface area contributed by atoms with Crippen LogP contribution >= 0.6 is 11.8 Å². The summed E-state index contributed by atoms with van der Waals surface area (Å²) in [6, 6.07) is 34.0. The first-order chi connectivity index (χ1) is 22.6. The maximum Gasteiger partial charge on any atom is 0.233 e. The Bertz CT molecular complexity index is 1720. The number of methoxy groups -OCH3 is 2. The van der Waals surface area contributed by atoms with Crippen LogP contribution in [0.4, 0.5) is 0 Å². The average Bonchev–Trinajstić information content (AvgIpc) is 3.50. The Morgan fingerprint density at radius 2 is 1.46 bits per heavy atom. The molecule has 6 rings (SSSR count). The number of hydrogen-bond donors (Lipinski definition) is 0. The number of carbonyl (C=O) groups excluding carboxylic acids is 1. The third-order valence-electron chi connectivity index (χ3n) is 8.24. The van der Waals surface area contributed by atoms with Gasteiger partial charge < -0.3 is 19.1 Å². The van der Waals surface area contributed by atoms with Gasteiger partial charge in [0, 0.05) is 25.2 Å². The van der Waals surface area contributed by atoms with Crippen molar-refractivity contribution in [1.82, 2.24) is 19.7 Å². The van der Waals surface area contributed by atoms with Crippen LogP contribution in [0.15, 0.2) is 108 Å². The summed E-state index contributed by atoms with van der Waals surface area (Å²) < 4.78 is 19.0. The molecule has 0 radical (unpaired) electrons. The molecule has 0 atom stereocenters. The lowest BCUT2D eigenvalue weighted by Gasteiger charge is -2.32. The maximum absolute atomic E-state index is 13.3. The van der Waals surface area contributed by atoms with E-state index in [0.717, 1.165) is 60.9 Å². The molecule has 46 heavy (non-hydrogen) atoms. The number of rotatable bonds is 12. The third kappa shape index (κ3) is 7.72. The molecule has 1 aromatic heterocycles. The summed E-state index contributed by atoms with van der Waals surface area (Å²) in [5.41, 5.74) is 3.25. The Kier molecular flexibility index (Phi) is 10.2. The van der Waals surface area contributed by atoms with Crippen LogP contribution in [0.25, 0.3) is 5.69 Å². The second kappa shape index (κ2) is 15.0. The topological polar surface area (TPSA) is 78.7 Å². The third-order valence-corrected chi connectivity index (χ3v) is 9.16. The highest BCUT2D eigenvalue weighted by atomic mass is 32.2. The van der Waals surface area contributed by atoms with Crippen molar-refractivity contribution in [1.29, 1.82) is 0 Å². The van der Waals surface area contributed by atoms with E-state index in [1.165, 1.54) is 17.3 Å². The molecule has 1 aliphatic heterocycles. The molecule has 1 saturated heterocycles. The Labute approximate surface area is 274 Å². The zero-order valence-electron chi connectivity index (χ0n) is 26.2. The van der Waals surface area contributed by atoms with Gasteiger partial charge in [0.1, 0.15) is 17.3 Å². The van der Waals surface area contributed by atoms with Crippen molar-refractivity contribution in [2.75, 3.05) is 33.1 Å². The molecule has 0 unspecified atom stereocenters. The predicted octanol–water partition coefficient (Wildman–Crippen LogP) is 7.24. The highest BCUT2D eigenvalue weighted by Crippen LogP contribution is 2.31. The lowest BCUT2D eigenvalue weighted by atomic mass is 9.90. The number of hydrogen-bond acceptors (Lipinski definition) is 7. The molecular weight excluding hydrogens is 596 g/mol. The molecular formula is C37H38N4O4S. The molecule has 4 aromatic carbocycles. The standard InChI is InChI=1S/C37H38N4O4S/c1-43-33-18-13-29(24-34(33)44-2)25-35-38-39-37(41(35)30-14-16-32(17-15-30)45-31-11-7-4-8-12-31)46-26-36(42)40-21-19-28(20-22-40)23-27-9-5-3-6-10-27/h3-18,24,28H,19-23,25-26H2,1-2H3. The van der Waals surface area contributed by atoms with Gasteiger partial charge in [0.2, 0.25) is 5.91 Å². The van der Waals surface area contributed by atoms with E-state index in [1.54, 1.807) is 14.2 Å².